The first kappa shape index (κ1) is 22.9. The number of hydrogen-bond donors (Lipinski definition) is 2. The fourth-order valence-electron chi connectivity index (χ4n) is 3.53. The summed E-state index contributed by atoms with van der Waals surface area (Å²) in [7, 11) is 2.10. The van der Waals surface area contributed by atoms with Crippen molar-refractivity contribution in [1.82, 2.24) is 24.8 Å². The Labute approximate surface area is 198 Å². The van der Waals surface area contributed by atoms with Crippen molar-refractivity contribution < 1.29 is 4.79 Å². The van der Waals surface area contributed by atoms with Crippen LogP contribution in [0.4, 0.5) is 23.4 Å². The van der Waals surface area contributed by atoms with Crippen molar-refractivity contribution in [2.45, 2.75) is 20.3 Å². The fourth-order valence-corrected chi connectivity index (χ4v) is 3.80. The number of aromatic nitrogens is 4. The molecule has 1 fully saturated rings. The number of carbonyl (C=O) groups is 1. The Morgan fingerprint density at radius 1 is 1.09 bits per heavy atom. The smallest absolute Gasteiger partial charge is 0.259 e. The number of pyridine rings is 1. The Kier molecular flexibility index (Phi) is 7.00. The maximum absolute atomic E-state index is 13.1. The number of carbonyl (C=O) groups excluding carboxylic acids is 1. The van der Waals surface area contributed by atoms with E-state index in [-0.39, 0.29) is 5.91 Å². The molecule has 4 rings (SSSR count). The van der Waals surface area contributed by atoms with Crippen LogP contribution in [-0.4, -0.2) is 64.0 Å². The molecule has 10 heteroatoms. The van der Waals surface area contributed by atoms with Crippen LogP contribution in [0.1, 0.15) is 28.7 Å². The minimum Gasteiger partial charge on any atom is -0.338 e. The Balaban J connectivity index is 1.60. The lowest BCUT2D eigenvalue weighted by Gasteiger charge is -2.32. The highest BCUT2D eigenvalue weighted by molar-refractivity contribution is 6.34. The number of likely N-dealkylation sites (N-methyl/N-ethyl adjacent to an activating group) is 1. The summed E-state index contributed by atoms with van der Waals surface area (Å²) < 4.78 is 0. The van der Waals surface area contributed by atoms with Crippen LogP contribution in [0, 0.1) is 6.92 Å². The molecule has 1 aromatic carbocycles. The zero-order chi connectivity index (χ0) is 23.4. The predicted molar refractivity (Wildman–Crippen MR) is 131 cm³/mol. The van der Waals surface area contributed by atoms with Crippen LogP contribution < -0.4 is 15.5 Å². The number of amides is 1. The number of nitrogens with zero attached hydrogens (tertiary/aromatic N) is 6. The molecule has 2 N–H and O–H groups in total. The first-order valence-corrected chi connectivity index (χ1v) is 11.3. The van der Waals surface area contributed by atoms with Gasteiger partial charge in [-0.15, -0.1) is 0 Å². The summed E-state index contributed by atoms with van der Waals surface area (Å²) in [6.45, 7) is 7.47. The average Bonchev–Trinajstić information content (AvgIpc) is 2.82. The predicted octanol–water partition coefficient (Wildman–Crippen LogP) is 3.54. The molecule has 2 aromatic heterocycles. The molecule has 33 heavy (non-hydrogen) atoms. The number of hydrogen-bond acceptors (Lipinski definition) is 8. The number of rotatable bonds is 6. The van der Waals surface area contributed by atoms with Gasteiger partial charge in [0.2, 0.25) is 11.9 Å². The summed E-state index contributed by atoms with van der Waals surface area (Å²) in [5, 5.41) is 6.50. The number of benzene rings is 1. The molecule has 1 aliphatic heterocycles. The normalized spacial score (nSPS) is 14.2. The van der Waals surface area contributed by atoms with Crippen LogP contribution in [0.5, 0.6) is 0 Å². The first-order valence-electron chi connectivity index (χ1n) is 10.9. The van der Waals surface area contributed by atoms with E-state index in [1.165, 1.54) is 0 Å². The van der Waals surface area contributed by atoms with Gasteiger partial charge in [-0.2, -0.15) is 15.0 Å². The number of halogens is 1. The van der Waals surface area contributed by atoms with E-state index in [0.717, 1.165) is 31.7 Å². The zero-order valence-electron chi connectivity index (χ0n) is 19.0. The second-order valence-corrected chi connectivity index (χ2v) is 8.34. The Hall–Kier alpha value is -3.30. The highest BCUT2D eigenvalue weighted by Gasteiger charge is 2.20. The second-order valence-electron chi connectivity index (χ2n) is 7.93. The summed E-state index contributed by atoms with van der Waals surface area (Å²) >= 11 is 6.28. The van der Waals surface area contributed by atoms with Gasteiger partial charge in [-0.3, -0.25) is 4.79 Å². The molecule has 1 saturated heterocycles. The monoisotopic (exact) mass is 466 g/mol. The van der Waals surface area contributed by atoms with Crippen LogP contribution >= 0.6 is 11.6 Å². The highest BCUT2D eigenvalue weighted by atomic mass is 35.5. The van der Waals surface area contributed by atoms with Gasteiger partial charge in [0, 0.05) is 38.8 Å². The molecule has 3 aromatic rings. The second kappa shape index (κ2) is 10.1. The van der Waals surface area contributed by atoms with Crippen LogP contribution in [0.25, 0.3) is 0 Å². The molecule has 0 saturated carbocycles. The SMILES string of the molecule is CCc1nc(Nc2ncccc2C(=O)Nc2c(C)cccc2Cl)nc(N2CCN(C)CC2)n1. The summed E-state index contributed by atoms with van der Waals surface area (Å²) in [5.41, 5.74) is 1.80. The van der Waals surface area contributed by atoms with Crippen molar-refractivity contribution >= 4 is 40.9 Å². The maximum Gasteiger partial charge on any atom is 0.259 e. The molecule has 1 aliphatic rings. The summed E-state index contributed by atoms with van der Waals surface area (Å²) in [6, 6.07) is 8.87. The lowest BCUT2D eigenvalue weighted by Crippen LogP contribution is -2.45. The first-order chi connectivity index (χ1) is 15.9. The molecule has 0 radical (unpaired) electrons. The van der Waals surface area contributed by atoms with Crippen molar-refractivity contribution in [3.05, 3.63) is 58.5 Å². The third-order valence-corrected chi connectivity index (χ3v) is 5.83. The molecule has 0 aliphatic carbocycles. The fraction of sp³-hybridized carbons (Fsp3) is 0.348. The van der Waals surface area contributed by atoms with E-state index >= 15 is 0 Å². The van der Waals surface area contributed by atoms with E-state index in [1.807, 2.05) is 26.0 Å². The molecule has 0 spiro atoms. The van der Waals surface area contributed by atoms with Crippen LogP contribution in [0.2, 0.25) is 5.02 Å². The van der Waals surface area contributed by atoms with Crippen molar-refractivity contribution in [3.63, 3.8) is 0 Å². The average molecular weight is 467 g/mol. The van der Waals surface area contributed by atoms with Gasteiger partial charge < -0.3 is 20.4 Å². The van der Waals surface area contributed by atoms with E-state index in [0.29, 0.717) is 46.2 Å². The van der Waals surface area contributed by atoms with Gasteiger partial charge in [0.15, 0.2) is 0 Å². The van der Waals surface area contributed by atoms with Gasteiger partial charge in [-0.25, -0.2) is 4.98 Å². The topological polar surface area (TPSA) is 99.2 Å². The van der Waals surface area contributed by atoms with Crippen molar-refractivity contribution in [3.8, 4) is 0 Å². The van der Waals surface area contributed by atoms with Crippen LogP contribution in [0.3, 0.4) is 0 Å². The highest BCUT2D eigenvalue weighted by Crippen LogP contribution is 2.27. The number of aryl methyl sites for hydroxylation is 2. The van der Waals surface area contributed by atoms with Gasteiger partial charge in [0.1, 0.15) is 11.6 Å². The molecule has 9 nitrogen and oxygen atoms in total. The standard InChI is InChI=1S/C23H27ClN8O/c1-4-18-26-22(30-23(27-18)32-13-11-31(3)12-14-32)29-20-16(8-6-10-25-20)21(33)28-19-15(2)7-5-9-17(19)24/h5-10H,4,11-14H2,1-3H3,(H,28,33)(H,25,26,27,29,30). The third kappa shape index (κ3) is 5.37. The largest absolute Gasteiger partial charge is 0.338 e. The maximum atomic E-state index is 13.1. The van der Waals surface area contributed by atoms with Gasteiger partial charge in [-0.1, -0.05) is 30.7 Å². The summed E-state index contributed by atoms with van der Waals surface area (Å²) in [6.07, 6.45) is 2.28. The molecule has 0 bridgehead atoms. The molecular formula is C23H27ClN8O. The molecule has 1 amide bonds. The van der Waals surface area contributed by atoms with Gasteiger partial charge >= 0.3 is 0 Å². The zero-order valence-corrected chi connectivity index (χ0v) is 19.7. The Bertz CT molecular complexity index is 1130. The van der Waals surface area contributed by atoms with E-state index < -0.39 is 0 Å². The Morgan fingerprint density at radius 3 is 2.61 bits per heavy atom. The van der Waals surface area contributed by atoms with E-state index in [9.17, 15) is 4.79 Å². The van der Waals surface area contributed by atoms with Crippen LogP contribution in [0.15, 0.2) is 36.5 Å². The molecule has 3 heterocycles. The lowest BCUT2D eigenvalue weighted by molar-refractivity contribution is 0.102. The van der Waals surface area contributed by atoms with E-state index in [4.69, 9.17) is 11.6 Å². The molecule has 0 unspecified atom stereocenters. The molecule has 172 valence electrons. The van der Waals surface area contributed by atoms with Crippen molar-refractivity contribution in [1.29, 1.82) is 0 Å². The molecule has 0 atom stereocenters. The summed E-state index contributed by atoms with van der Waals surface area (Å²) in [4.78, 5) is 35.6. The van der Waals surface area contributed by atoms with E-state index in [1.54, 1.807) is 24.4 Å². The van der Waals surface area contributed by atoms with Crippen molar-refractivity contribution in [2.24, 2.45) is 0 Å². The van der Waals surface area contributed by atoms with Crippen molar-refractivity contribution in [2.75, 3.05) is 48.8 Å². The number of nitrogens with one attached hydrogen (secondary N) is 2. The number of anilines is 4. The third-order valence-electron chi connectivity index (χ3n) is 5.52. The Morgan fingerprint density at radius 2 is 1.88 bits per heavy atom. The number of para-hydroxylation sites is 1. The van der Waals surface area contributed by atoms with Gasteiger partial charge in [-0.05, 0) is 37.7 Å². The minimum atomic E-state index is -0.328. The molecular weight excluding hydrogens is 440 g/mol. The van der Waals surface area contributed by atoms with E-state index in [2.05, 4.69) is 47.4 Å². The quantitative estimate of drug-likeness (QED) is 0.569. The summed E-state index contributed by atoms with van der Waals surface area (Å²) in [5.74, 6) is 1.70. The van der Waals surface area contributed by atoms with Gasteiger partial charge in [0.25, 0.3) is 5.91 Å². The number of piperazine rings is 1. The van der Waals surface area contributed by atoms with Gasteiger partial charge in [0.05, 0.1) is 16.3 Å². The van der Waals surface area contributed by atoms with Crippen LogP contribution in [-0.2, 0) is 6.42 Å². The lowest BCUT2D eigenvalue weighted by atomic mass is 10.1. The minimum absolute atomic E-state index is 0.328.